The molecule has 0 rings (SSSR count). The molecule has 0 aromatic rings. The molecular formula is C9H16. The standard InChI is InChI=1S/C9H16/c1-4-6-8-9(3)7-5-2/h4,7H,1,5-6,8H2,2-3H3. The van der Waals surface area contributed by atoms with Gasteiger partial charge in [-0.1, -0.05) is 24.6 Å². The lowest BCUT2D eigenvalue weighted by Gasteiger charge is -1.94. The number of hydrogen-bond acceptors (Lipinski definition) is 0. The normalized spacial score (nSPS) is 11.6. The summed E-state index contributed by atoms with van der Waals surface area (Å²) in [6.07, 6.45) is 7.68. The largest absolute Gasteiger partial charge is 0.103 e. The molecule has 0 aromatic carbocycles. The predicted molar refractivity (Wildman–Crippen MR) is 43.5 cm³/mol. The van der Waals surface area contributed by atoms with Crippen molar-refractivity contribution in [3.63, 3.8) is 0 Å². The van der Waals surface area contributed by atoms with Gasteiger partial charge in [0.2, 0.25) is 0 Å². The molecule has 0 bridgehead atoms. The summed E-state index contributed by atoms with van der Waals surface area (Å²) in [6.45, 7) is 8.00. The summed E-state index contributed by atoms with van der Waals surface area (Å²) in [4.78, 5) is 0. The lowest BCUT2D eigenvalue weighted by atomic mass is 10.1. The third kappa shape index (κ3) is 5.35. The third-order valence-electron chi connectivity index (χ3n) is 1.30. The van der Waals surface area contributed by atoms with Crippen LogP contribution < -0.4 is 0 Å². The van der Waals surface area contributed by atoms with Crippen molar-refractivity contribution in [2.24, 2.45) is 0 Å². The molecule has 0 nitrogen and oxygen atoms in total. The quantitative estimate of drug-likeness (QED) is 0.504. The lowest BCUT2D eigenvalue weighted by Crippen LogP contribution is -1.73. The van der Waals surface area contributed by atoms with Gasteiger partial charge in [0.25, 0.3) is 0 Å². The molecule has 0 aliphatic carbocycles. The maximum atomic E-state index is 3.67. The van der Waals surface area contributed by atoms with Gasteiger partial charge >= 0.3 is 0 Å². The number of rotatable bonds is 4. The zero-order chi connectivity index (χ0) is 7.11. The second-order valence-electron chi connectivity index (χ2n) is 2.29. The molecule has 0 aliphatic heterocycles. The van der Waals surface area contributed by atoms with Crippen molar-refractivity contribution in [1.82, 2.24) is 0 Å². The van der Waals surface area contributed by atoms with E-state index in [9.17, 15) is 0 Å². The molecule has 0 saturated heterocycles. The molecule has 52 valence electrons. The Hall–Kier alpha value is -0.520. The predicted octanol–water partition coefficient (Wildman–Crippen LogP) is 3.31. The Morgan fingerprint density at radius 2 is 2.22 bits per heavy atom. The molecule has 0 heteroatoms. The second-order valence-corrected chi connectivity index (χ2v) is 2.29. The monoisotopic (exact) mass is 124 g/mol. The highest BCUT2D eigenvalue weighted by atomic mass is 13.9. The first-order chi connectivity index (χ1) is 4.31. The Morgan fingerprint density at radius 3 is 2.67 bits per heavy atom. The van der Waals surface area contributed by atoms with Crippen LogP contribution in [0.15, 0.2) is 24.3 Å². The number of hydrogen-bond donors (Lipinski definition) is 0. The molecule has 0 unspecified atom stereocenters. The van der Waals surface area contributed by atoms with Gasteiger partial charge in [0.15, 0.2) is 0 Å². The molecule has 0 spiro atoms. The van der Waals surface area contributed by atoms with Crippen LogP contribution in [-0.4, -0.2) is 0 Å². The van der Waals surface area contributed by atoms with Gasteiger partial charge in [0.1, 0.15) is 0 Å². The fourth-order valence-corrected chi connectivity index (χ4v) is 0.780. The summed E-state index contributed by atoms with van der Waals surface area (Å²) in [5.74, 6) is 0. The molecule has 0 heterocycles. The van der Waals surface area contributed by atoms with E-state index >= 15 is 0 Å². The van der Waals surface area contributed by atoms with E-state index in [1.165, 1.54) is 12.0 Å². The van der Waals surface area contributed by atoms with Crippen LogP contribution in [0.4, 0.5) is 0 Å². The van der Waals surface area contributed by atoms with E-state index in [2.05, 4.69) is 26.5 Å². The molecule has 0 atom stereocenters. The highest BCUT2D eigenvalue weighted by Crippen LogP contribution is 2.04. The summed E-state index contributed by atoms with van der Waals surface area (Å²) in [5.41, 5.74) is 1.48. The topological polar surface area (TPSA) is 0 Å². The maximum Gasteiger partial charge on any atom is -0.0288 e. The van der Waals surface area contributed by atoms with E-state index in [1.54, 1.807) is 0 Å². The Labute approximate surface area is 58.3 Å². The molecular weight excluding hydrogens is 108 g/mol. The SMILES string of the molecule is C=CCCC(C)=CCC. The van der Waals surface area contributed by atoms with Crippen molar-refractivity contribution in [3.8, 4) is 0 Å². The van der Waals surface area contributed by atoms with Gasteiger partial charge in [-0.05, 0) is 26.2 Å². The summed E-state index contributed by atoms with van der Waals surface area (Å²) in [6, 6.07) is 0. The van der Waals surface area contributed by atoms with Crippen LogP contribution in [0.5, 0.6) is 0 Å². The molecule has 9 heavy (non-hydrogen) atoms. The van der Waals surface area contributed by atoms with Gasteiger partial charge < -0.3 is 0 Å². The van der Waals surface area contributed by atoms with Gasteiger partial charge in [-0.15, -0.1) is 6.58 Å². The smallest absolute Gasteiger partial charge is 0.0288 e. The van der Waals surface area contributed by atoms with Crippen LogP contribution >= 0.6 is 0 Å². The molecule has 0 radical (unpaired) electrons. The summed E-state index contributed by atoms with van der Waals surface area (Å²) >= 11 is 0. The van der Waals surface area contributed by atoms with Crippen molar-refractivity contribution in [3.05, 3.63) is 24.3 Å². The third-order valence-corrected chi connectivity index (χ3v) is 1.30. The van der Waals surface area contributed by atoms with Crippen molar-refractivity contribution < 1.29 is 0 Å². The summed E-state index contributed by atoms with van der Waals surface area (Å²) < 4.78 is 0. The summed E-state index contributed by atoms with van der Waals surface area (Å²) in [7, 11) is 0. The first kappa shape index (κ1) is 8.48. The minimum atomic E-state index is 1.11. The first-order valence-corrected chi connectivity index (χ1v) is 3.57. The van der Waals surface area contributed by atoms with Gasteiger partial charge in [-0.3, -0.25) is 0 Å². The Kier molecular flexibility index (Phi) is 5.29. The maximum absolute atomic E-state index is 3.67. The van der Waals surface area contributed by atoms with E-state index in [0.29, 0.717) is 0 Å². The van der Waals surface area contributed by atoms with Crippen molar-refractivity contribution in [2.45, 2.75) is 33.1 Å². The second kappa shape index (κ2) is 5.61. The van der Waals surface area contributed by atoms with E-state index in [1.807, 2.05) is 6.08 Å². The van der Waals surface area contributed by atoms with Crippen molar-refractivity contribution >= 4 is 0 Å². The number of allylic oxidation sites excluding steroid dienone is 3. The first-order valence-electron chi connectivity index (χ1n) is 3.57. The minimum absolute atomic E-state index is 1.11. The van der Waals surface area contributed by atoms with Crippen LogP contribution in [0.25, 0.3) is 0 Å². The van der Waals surface area contributed by atoms with Crippen LogP contribution in [0, 0.1) is 0 Å². The molecule has 0 amide bonds. The van der Waals surface area contributed by atoms with E-state index in [4.69, 9.17) is 0 Å². The van der Waals surface area contributed by atoms with E-state index < -0.39 is 0 Å². The van der Waals surface area contributed by atoms with Gasteiger partial charge in [0.05, 0.1) is 0 Å². The highest BCUT2D eigenvalue weighted by molar-refractivity contribution is 4.98. The zero-order valence-corrected chi connectivity index (χ0v) is 6.48. The average molecular weight is 124 g/mol. The molecule has 0 aromatic heterocycles. The molecule has 0 fully saturated rings. The van der Waals surface area contributed by atoms with Crippen molar-refractivity contribution in [1.29, 1.82) is 0 Å². The van der Waals surface area contributed by atoms with E-state index in [-0.39, 0.29) is 0 Å². The van der Waals surface area contributed by atoms with Crippen LogP contribution in [0.2, 0.25) is 0 Å². The fraction of sp³-hybridized carbons (Fsp3) is 0.556. The molecule has 0 saturated carbocycles. The van der Waals surface area contributed by atoms with Crippen molar-refractivity contribution in [2.75, 3.05) is 0 Å². The Morgan fingerprint density at radius 1 is 1.56 bits per heavy atom. The lowest BCUT2D eigenvalue weighted by molar-refractivity contribution is 0.963. The molecule has 0 N–H and O–H groups in total. The van der Waals surface area contributed by atoms with Gasteiger partial charge in [-0.25, -0.2) is 0 Å². The fourth-order valence-electron chi connectivity index (χ4n) is 0.780. The average Bonchev–Trinajstić information content (AvgIpc) is 1.85. The molecule has 0 aliphatic rings. The minimum Gasteiger partial charge on any atom is -0.103 e. The van der Waals surface area contributed by atoms with E-state index in [0.717, 1.165) is 12.8 Å². The van der Waals surface area contributed by atoms with Crippen LogP contribution in [0.3, 0.4) is 0 Å². The highest BCUT2D eigenvalue weighted by Gasteiger charge is 1.83. The summed E-state index contributed by atoms with van der Waals surface area (Å²) in [5, 5.41) is 0. The van der Waals surface area contributed by atoms with Crippen LogP contribution in [-0.2, 0) is 0 Å². The van der Waals surface area contributed by atoms with Crippen LogP contribution in [0.1, 0.15) is 33.1 Å². The Bertz CT molecular complexity index is 98.6. The Balaban J connectivity index is 3.36. The van der Waals surface area contributed by atoms with Gasteiger partial charge in [-0.2, -0.15) is 0 Å². The zero-order valence-electron chi connectivity index (χ0n) is 6.48. The van der Waals surface area contributed by atoms with Gasteiger partial charge in [0, 0.05) is 0 Å².